The van der Waals surface area contributed by atoms with Gasteiger partial charge in [0.05, 0.1) is 17.4 Å². The molecular weight excluding hydrogens is 142 g/mol. The molecule has 0 spiro atoms. The average molecular weight is 151 g/mol. The number of nitrogens with two attached hydrogens (primary N) is 1. The van der Waals surface area contributed by atoms with Crippen LogP contribution in [0.1, 0.15) is 23.2 Å². The van der Waals surface area contributed by atoms with Gasteiger partial charge in [-0.25, -0.2) is 0 Å². The van der Waals surface area contributed by atoms with E-state index in [2.05, 4.69) is 0 Å². The van der Waals surface area contributed by atoms with E-state index in [4.69, 9.17) is 10.2 Å². The molecule has 0 bridgehead atoms. The van der Waals surface area contributed by atoms with Crippen LogP contribution in [0.2, 0.25) is 0 Å². The first-order chi connectivity index (χ1) is 5.22. The molecule has 1 aliphatic rings. The van der Waals surface area contributed by atoms with Crippen molar-refractivity contribution in [2.24, 2.45) is 5.73 Å². The van der Waals surface area contributed by atoms with E-state index in [-0.39, 0.29) is 5.78 Å². The molecule has 1 heterocycles. The first kappa shape index (κ1) is 6.61. The SMILES string of the molecule is NC1(C(=O)c2ccoc2)CC1. The molecule has 0 atom stereocenters. The van der Waals surface area contributed by atoms with Crippen LogP contribution >= 0.6 is 0 Å². The molecule has 58 valence electrons. The van der Waals surface area contributed by atoms with Crippen LogP contribution < -0.4 is 5.73 Å². The first-order valence-corrected chi connectivity index (χ1v) is 3.58. The van der Waals surface area contributed by atoms with Gasteiger partial charge in [-0.15, -0.1) is 0 Å². The van der Waals surface area contributed by atoms with Gasteiger partial charge in [0.15, 0.2) is 5.78 Å². The van der Waals surface area contributed by atoms with Gasteiger partial charge in [-0.3, -0.25) is 4.79 Å². The highest BCUT2D eigenvalue weighted by Crippen LogP contribution is 2.35. The number of ketones is 1. The van der Waals surface area contributed by atoms with E-state index in [1.54, 1.807) is 6.07 Å². The van der Waals surface area contributed by atoms with Crippen LogP contribution in [0.5, 0.6) is 0 Å². The van der Waals surface area contributed by atoms with Gasteiger partial charge in [-0.2, -0.15) is 0 Å². The summed E-state index contributed by atoms with van der Waals surface area (Å²) in [5.41, 5.74) is 5.71. The monoisotopic (exact) mass is 151 g/mol. The summed E-state index contributed by atoms with van der Waals surface area (Å²) in [4.78, 5) is 11.4. The minimum atomic E-state index is -0.566. The van der Waals surface area contributed by atoms with Crippen molar-refractivity contribution in [2.45, 2.75) is 18.4 Å². The van der Waals surface area contributed by atoms with Crippen molar-refractivity contribution in [1.82, 2.24) is 0 Å². The van der Waals surface area contributed by atoms with E-state index in [0.29, 0.717) is 5.56 Å². The molecule has 0 amide bonds. The lowest BCUT2D eigenvalue weighted by atomic mass is 10.1. The van der Waals surface area contributed by atoms with Gasteiger partial charge in [0.1, 0.15) is 6.26 Å². The van der Waals surface area contributed by atoms with Gasteiger partial charge < -0.3 is 10.2 Å². The molecule has 0 unspecified atom stereocenters. The molecule has 0 radical (unpaired) electrons. The normalized spacial score (nSPS) is 19.7. The summed E-state index contributed by atoms with van der Waals surface area (Å²) in [6.45, 7) is 0. The third-order valence-electron chi connectivity index (χ3n) is 2.02. The van der Waals surface area contributed by atoms with Crippen molar-refractivity contribution in [3.8, 4) is 0 Å². The Morgan fingerprint density at radius 2 is 2.36 bits per heavy atom. The molecule has 3 heteroatoms. The average Bonchev–Trinajstić information content (AvgIpc) is 2.54. The predicted octanol–water partition coefficient (Wildman–Crippen LogP) is 0.954. The Bertz CT molecular complexity index is 272. The number of Topliss-reactive ketones (excluding diaryl/α,β-unsaturated/α-hetero) is 1. The molecular formula is C8H9NO2. The Kier molecular flexibility index (Phi) is 1.17. The van der Waals surface area contributed by atoms with Crippen molar-refractivity contribution in [2.75, 3.05) is 0 Å². The van der Waals surface area contributed by atoms with Gasteiger partial charge in [0.2, 0.25) is 0 Å². The fourth-order valence-corrected chi connectivity index (χ4v) is 1.04. The minimum Gasteiger partial charge on any atom is -0.472 e. The fraction of sp³-hybridized carbons (Fsp3) is 0.375. The molecule has 11 heavy (non-hydrogen) atoms. The standard InChI is InChI=1S/C8H9NO2/c9-8(2-3-8)7(10)6-1-4-11-5-6/h1,4-5H,2-3,9H2. The maximum Gasteiger partial charge on any atom is 0.185 e. The third kappa shape index (κ3) is 0.973. The fourth-order valence-electron chi connectivity index (χ4n) is 1.04. The first-order valence-electron chi connectivity index (χ1n) is 3.58. The van der Waals surface area contributed by atoms with E-state index in [9.17, 15) is 4.79 Å². The Morgan fingerprint density at radius 1 is 1.64 bits per heavy atom. The Morgan fingerprint density at radius 3 is 2.82 bits per heavy atom. The van der Waals surface area contributed by atoms with Gasteiger partial charge in [-0.05, 0) is 18.9 Å². The summed E-state index contributed by atoms with van der Waals surface area (Å²) in [7, 11) is 0. The van der Waals surface area contributed by atoms with Crippen molar-refractivity contribution in [3.05, 3.63) is 24.2 Å². The molecule has 1 aromatic rings. The van der Waals surface area contributed by atoms with Crippen LogP contribution in [0.3, 0.4) is 0 Å². The lowest BCUT2D eigenvalue weighted by molar-refractivity contribution is 0.0948. The van der Waals surface area contributed by atoms with E-state index in [1.807, 2.05) is 0 Å². The van der Waals surface area contributed by atoms with Gasteiger partial charge >= 0.3 is 0 Å². The maximum absolute atomic E-state index is 11.4. The second-order valence-electron chi connectivity index (χ2n) is 3.00. The summed E-state index contributed by atoms with van der Waals surface area (Å²) in [5.74, 6) is 0.00579. The third-order valence-corrected chi connectivity index (χ3v) is 2.02. The van der Waals surface area contributed by atoms with E-state index >= 15 is 0 Å². The molecule has 2 rings (SSSR count). The van der Waals surface area contributed by atoms with Crippen LogP contribution in [0.15, 0.2) is 23.0 Å². The van der Waals surface area contributed by atoms with Crippen LogP contribution in [0.4, 0.5) is 0 Å². The van der Waals surface area contributed by atoms with E-state index in [0.717, 1.165) is 12.8 Å². The van der Waals surface area contributed by atoms with Crippen molar-refractivity contribution in [3.63, 3.8) is 0 Å². The highest BCUT2D eigenvalue weighted by molar-refractivity contribution is 6.04. The summed E-state index contributed by atoms with van der Waals surface area (Å²) in [5, 5.41) is 0. The lowest BCUT2D eigenvalue weighted by Gasteiger charge is -2.02. The van der Waals surface area contributed by atoms with Crippen LogP contribution in [0.25, 0.3) is 0 Å². The minimum absolute atomic E-state index is 0.00579. The van der Waals surface area contributed by atoms with Crippen LogP contribution in [-0.2, 0) is 0 Å². The molecule has 1 fully saturated rings. The lowest BCUT2D eigenvalue weighted by Crippen LogP contribution is -2.32. The van der Waals surface area contributed by atoms with Gasteiger partial charge in [0.25, 0.3) is 0 Å². The molecule has 3 nitrogen and oxygen atoms in total. The molecule has 0 aliphatic heterocycles. The van der Waals surface area contributed by atoms with Crippen molar-refractivity contribution in [1.29, 1.82) is 0 Å². The molecule has 0 saturated heterocycles. The Hall–Kier alpha value is -1.09. The summed E-state index contributed by atoms with van der Waals surface area (Å²) in [6, 6.07) is 1.65. The molecule has 1 saturated carbocycles. The maximum atomic E-state index is 11.4. The number of hydrogen-bond acceptors (Lipinski definition) is 3. The Balaban J connectivity index is 2.24. The number of furan rings is 1. The summed E-state index contributed by atoms with van der Waals surface area (Å²) in [6.07, 6.45) is 4.53. The number of rotatable bonds is 2. The molecule has 1 aliphatic carbocycles. The zero-order chi connectivity index (χ0) is 7.90. The highest BCUT2D eigenvalue weighted by Gasteiger charge is 2.46. The zero-order valence-corrected chi connectivity index (χ0v) is 6.04. The molecule has 0 aromatic carbocycles. The molecule has 2 N–H and O–H groups in total. The number of hydrogen-bond donors (Lipinski definition) is 1. The highest BCUT2D eigenvalue weighted by atomic mass is 16.3. The number of carbonyl (C=O) groups is 1. The second kappa shape index (κ2) is 1.95. The van der Waals surface area contributed by atoms with Crippen molar-refractivity contribution >= 4 is 5.78 Å². The Labute approximate surface area is 64.2 Å². The van der Waals surface area contributed by atoms with Gasteiger partial charge in [-0.1, -0.05) is 0 Å². The smallest absolute Gasteiger partial charge is 0.185 e. The topological polar surface area (TPSA) is 56.2 Å². The van der Waals surface area contributed by atoms with Crippen molar-refractivity contribution < 1.29 is 9.21 Å². The largest absolute Gasteiger partial charge is 0.472 e. The van der Waals surface area contributed by atoms with Gasteiger partial charge in [0, 0.05) is 0 Å². The van der Waals surface area contributed by atoms with E-state index in [1.165, 1.54) is 12.5 Å². The zero-order valence-electron chi connectivity index (χ0n) is 6.04. The summed E-state index contributed by atoms with van der Waals surface area (Å²) >= 11 is 0. The predicted molar refractivity (Wildman–Crippen MR) is 39.2 cm³/mol. The summed E-state index contributed by atoms with van der Waals surface area (Å²) < 4.78 is 4.78. The number of carbonyl (C=O) groups excluding carboxylic acids is 1. The van der Waals surface area contributed by atoms with Crippen LogP contribution in [-0.4, -0.2) is 11.3 Å². The van der Waals surface area contributed by atoms with E-state index < -0.39 is 5.54 Å². The molecule has 1 aromatic heterocycles. The quantitative estimate of drug-likeness (QED) is 0.640. The van der Waals surface area contributed by atoms with Crippen LogP contribution in [0, 0.1) is 0 Å². The second-order valence-corrected chi connectivity index (χ2v) is 3.00.